The molecule has 1 heterocycles. The number of alkyl halides is 9. The molecular formula is C25H17ClF10N2O2. The van der Waals surface area contributed by atoms with Crippen LogP contribution in [0.4, 0.5) is 43.9 Å². The van der Waals surface area contributed by atoms with Crippen molar-refractivity contribution in [2.45, 2.75) is 36.0 Å². The Balaban J connectivity index is 2.22. The molecule has 1 unspecified atom stereocenters. The quantitative estimate of drug-likeness (QED) is 0.300. The molecule has 1 amide bonds. The Morgan fingerprint density at radius 2 is 1.40 bits per heavy atom. The number of carbonyl (C=O) groups is 1. The number of amides is 1. The number of hydrogen-bond acceptors (Lipinski definition) is 3. The van der Waals surface area contributed by atoms with Gasteiger partial charge in [0, 0.05) is 12.7 Å². The highest BCUT2D eigenvalue weighted by Crippen LogP contribution is 2.46. The molecule has 0 aliphatic carbocycles. The molecule has 0 aliphatic rings. The molecule has 0 saturated carbocycles. The highest BCUT2D eigenvalue weighted by Gasteiger charge is 2.71. The Hall–Kier alpha value is -3.39. The zero-order chi connectivity index (χ0) is 30.1. The Kier molecular flexibility index (Phi) is 8.47. The van der Waals surface area contributed by atoms with E-state index in [4.69, 9.17) is 11.6 Å². The van der Waals surface area contributed by atoms with E-state index < -0.39 is 65.4 Å². The third kappa shape index (κ3) is 6.17. The van der Waals surface area contributed by atoms with E-state index in [1.807, 2.05) is 5.32 Å². The van der Waals surface area contributed by atoms with Gasteiger partial charge in [-0.25, -0.2) is 4.39 Å². The molecule has 1 aromatic heterocycles. The first-order chi connectivity index (χ1) is 18.3. The molecular weight excluding hydrogens is 586 g/mol. The molecule has 0 saturated heterocycles. The summed E-state index contributed by atoms with van der Waals surface area (Å²) in [6.45, 7) is -1.00. The van der Waals surface area contributed by atoms with Crippen LogP contribution in [0.3, 0.4) is 0 Å². The summed E-state index contributed by atoms with van der Waals surface area (Å²) in [5.74, 6) is -3.34. The van der Waals surface area contributed by atoms with E-state index in [0.29, 0.717) is 12.1 Å². The number of pyridine rings is 1. The van der Waals surface area contributed by atoms with Gasteiger partial charge >= 0.3 is 18.5 Å². The molecule has 4 nitrogen and oxygen atoms in total. The van der Waals surface area contributed by atoms with Crippen molar-refractivity contribution in [1.82, 2.24) is 10.3 Å². The number of carbonyl (C=O) groups excluding carboxylic acids is 1. The van der Waals surface area contributed by atoms with Gasteiger partial charge in [0.05, 0.1) is 28.1 Å². The second-order valence-corrected chi connectivity index (χ2v) is 9.11. The first kappa shape index (κ1) is 31.1. The van der Waals surface area contributed by atoms with E-state index in [0.717, 1.165) is 6.20 Å². The number of nitrogens with one attached hydrogen (secondary N) is 1. The molecule has 0 spiro atoms. The first-order valence-corrected chi connectivity index (χ1v) is 11.4. The number of hydrogen-bond donors (Lipinski definition) is 2. The van der Waals surface area contributed by atoms with Crippen LogP contribution in [0.25, 0.3) is 0 Å². The van der Waals surface area contributed by atoms with E-state index in [1.165, 1.54) is 42.5 Å². The molecule has 0 bridgehead atoms. The monoisotopic (exact) mass is 602 g/mol. The molecule has 3 aromatic rings. The summed E-state index contributed by atoms with van der Waals surface area (Å²) in [6, 6.07) is 10.7. The lowest BCUT2D eigenvalue weighted by Crippen LogP contribution is -2.59. The van der Waals surface area contributed by atoms with E-state index >= 15 is 0 Å². The van der Waals surface area contributed by atoms with Crippen molar-refractivity contribution in [3.8, 4) is 0 Å². The Morgan fingerprint density at radius 3 is 1.90 bits per heavy atom. The molecule has 40 heavy (non-hydrogen) atoms. The fraction of sp³-hybridized carbons (Fsp3) is 0.280. The molecule has 0 fully saturated rings. The number of aliphatic hydroxyl groups is 1. The molecule has 0 aliphatic heterocycles. The fourth-order valence-corrected chi connectivity index (χ4v) is 4.11. The lowest BCUT2D eigenvalue weighted by Gasteiger charge is -2.36. The van der Waals surface area contributed by atoms with E-state index in [9.17, 15) is 53.8 Å². The van der Waals surface area contributed by atoms with Crippen molar-refractivity contribution < 1.29 is 53.8 Å². The number of rotatable bonds is 7. The van der Waals surface area contributed by atoms with E-state index in [-0.39, 0.29) is 22.3 Å². The second kappa shape index (κ2) is 10.9. The van der Waals surface area contributed by atoms with Crippen molar-refractivity contribution in [2.24, 2.45) is 0 Å². The van der Waals surface area contributed by atoms with E-state index in [1.54, 1.807) is 0 Å². The van der Waals surface area contributed by atoms with Crippen molar-refractivity contribution in [2.75, 3.05) is 6.54 Å². The Labute approximate surface area is 224 Å². The van der Waals surface area contributed by atoms with Crippen LogP contribution in [-0.2, 0) is 16.4 Å². The molecule has 2 N–H and O–H groups in total. The van der Waals surface area contributed by atoms with Crippen molar-refractivity contribution in [1.29, 1.82) is 0 Å². The average Bonchev–Trinajstić information content (AvgIpc) is 2.84. The van der Waals surface area contributed by atoms with Crippen LogP contribution in [0.2, 0.25) is 5.02 Å². The number of nitrogens with zero attached hydrogens (tertiary/aromatic N) is 1. The van der Waals surface area contributed by atoms with Gasteiger partial charge in [0.25, 0.3) is 5.60 Å². The van der Waals surface area contributed by atoms with Gasteiger partial charge in [-0.05, 0) is 41.5 Å². The van der Waals surface area contributed by atoms with Crippen molar-refractivity contribution in [3.05, 3.63) is 100 Å². The average molecular weight is 603 g/mol. The molecule has 2 aromatic carbocycles. The normalized spacial score (nSPS) is 14.5. The lowest BCUT2D eigenvalue weighted by atomic mass is 9.71. The minimum absolute atomic E-state index is 0.0331. The summed E-state index contributed by atoms with van der Waals surface area (Å²) in [5, 5.41) is 11.3. The highest BCUT2D eigenvalue weighted by molar-refractivity contribution is 6.30. The van der Waals surface area contributed by atoms with Gasteiger partial charge in [0.15, 0.2) is 0 Å². The maximum atomic E-state index is 14.6. The van der Waals surface area contributed by atoms with Gasteiger partial charge < -0.3 is 10.4 Å². The van der Waals surface area contributed by atoms with Crippen LogP contribution in [-0.4, -0.2) is 40.5 Å². The third-order valence-electron chi connectivity index (χ3n) is 6.05. The summed E-state index contributed by atoms with van der Waals surface area (Å²) in [5.41, 5.74) is -9.65. The van der Waals surface area contributed by atoms with Gasteiger partial charge in [0.1, 0.15) is 5.82 Å². The van der Waals surface area contributed by atoms with Crippen LogP contribution in [0.15, 0.2) is 66.9 Å². The zero-order valence-electron chi connectivity index (χ0n) is 19.7. The number of halogens is 11. The highest BCUT2D eigenvalue weighted by atomic mass is 35.5. The summed E-state index contributed by atoms with van der Waals surface area (Å²) < 4.78 is 134. The summed E-state index contributed by atoms with van der Waals surface area (Å²) in [6.07, 6.45) is -19.1. The van der Waals surface area contributed by atoms with E-state index in [2.05, 4.69) is 4.98 Å². The number of aromatic nitrogens is 1. The lowest BCUT2D eigenvalue weighted by molar-refractivity contribution is -0.367. The van der Waals surface area contributed by atoms with Crippen molar-refractivity contribution in [3.63, 3.8) is 0 Å². The first-order valence-electron chi connectivity index (χ1n) is 11.0. The zero-order valence-corrected chi connectivity index (χ0v) is 20.5. The molecule has 216 valence electrons. The van der Waals surface area contributed by atoms with Gasteiger partial charge in [-0.15, -0.1) is 0 Å². The van der Waals surface area contributed by atoms with Crippen LogP contribution >= 0.6 is 11.6 Å². The SMILES string of the molecule is O=C(CC(O)(C(F)(F)F)C(F)(F)F)NCC(c1ccccc1)(c1cc(F)cc(C(F)(F)F)c1)c1ccc(Cl)cn1. The van der Waals surface area contributed by atoms with Crippen molar-refractivity contribution >= 4 is 17.5 Å². The smallest absolute Gasteiger partial charge is 0.373 e. The van der Waals surface area contributed by atoms with Crippen LogP contribution in [0.5, 0.6) is 0 Å². The Bertz CT molecular complexity index is 1330. The molecule has 15 heteroatoms. The predicted molar refractivity (Wildman–Crippen MR) is 122 cm³/mol. The maximum Gasteiger partial charge on any atom is 0.426 e. The molecule has 1 atom stereocenters. The Morgan fingerprint density at radius 1 is 0.825 bits per heavy atom. The largest absolute Gasteiger partial charge is 0.426 e. The minimum Gasteiger partial charge on any atom is -0.373 e. The van der Waals surface area contributed by atoms with Gasteiger partial charge in [-0.2, -0.15) is 39.5 Å². The predicted octanol–water partition coefficient (Wildman–Crippen LogP) is 6.59. The van der Waals surface area contributed by atoms with Crippen LogP contribution in [0, 0.1) is 5.82 Å². The third-order valence-corrected chi connectivity index (χ3v) is 6.28. The standard InChI is InChI=1S/C25H17ClF10N2O2/c26-17-6-7-19(37-12-17)21(14-4-2-1-3-5-14,15-8-16(23(28,29)30)10-18(27)9-15)13-38-20(39)11-22(40,24(31,32)33)25(34,35)36/h1-10,12,40H,11,13H2,(H,38,39). The van der Waals surface area contributed by atoms with Gasteiger partial charge in [-0.1, -0.05) is 41.9 Å². The maximum absolute atomic E-state index is 14.6. The van der Waals surface area contributed by atoms with Gasteiger partial charge in [-0.3, -0.25) is 9.78 Å². The summed E-state index contributed by atoms with van der Waals surface area (Å²) >= 11 is 5.87. The summed E-state index contributed by atoms with van der Waals surface area (Å²) in [4.78, 5) is 16.5. The fourth-order valence-electron chi connectivity index (χ4n) is 3.99. The second-order valence-electron chi connectivity index (χ2n) is 8.67. The molecule has 3 rings (SSSR count). The molecule has 0 radical (unpaired) electrons. The minimum atomic E-state index is -6.30. The number of benzene rings is 2. The van der Waals surface area contributed by atoms with Crippen LogP contribution in [0.1, 0.15) is 28.8 Å². The summed E-state index contributed by atoms with van der Waals surface area (Å²) in [7, 11) is 0. The topological polar surface area (TPSA) is 62.2 Å². The van der Waals surface area contributed by atoms with Gasteiger partial charge in [0.2, 0.25) is 5.91 Å². The van der Waals surface area contributed by atoms with Crippen LogP contribution < -0.4 is 5.32 Å².